The first kappa shape index (κ1) is 14.8. The molecule has 18 heavy (non-hydrogen) atoms. The van der Waals surface area contributed by atoms with Gasteiger partial charge in [0.1, 0.15) is 0 Å². The number of rotatable bonds is 8. The Bertz CT molecular complexity index is 352. The lowest BCUT2D eigenvalue weighted by Crippen LogP contribution is -2.19. The summed E-state index contributed by atoms with van der Waals surface area (Å²) < 4.78 is 10.5. The van der Waals surface area contributed by atoms with Crippen LogP contribution in [0.25, 0.3) is 0 Å². The van der Waals surface area contributed by atoms with Crippen molar-refractivity contribution in [2.24, 2.45) is 5.73 Å². The first-order valence-corrected chi connectivity index (χ1v) is 6.67. The van der Waals surface area contributed by atoms with Crippen molar-refractivity contribution in [2.45, 2.75) is 45.1 Å². The fraction of sp³-hybridized carbons (Fsp3) is 0.600. The molecular formula is C15H25NO2. The summed E-state index contributed by atoms with van der Waals surface area (Å²) in [7, 11) is 3.32. The first-order chi connectivity index (χ1) is 8.71. The van der Waals surface area contributed by atoms with E-state index < -0.39 is 0 Å². The summed E-state index contributed by atoms with van der Waals surface area (Å²) in [5.41, 5.74) is 7.28. The van der Waals surface area contributed by atoms with Crippen LogP contribution in [-0.4, -0.2) is 20.3 Å². The molecule has 3 heteroatoms. The van der Waals surface area contributed by atoms with Crippen LogP contribution in [0.5, 0.6) is 11.5 Å². The molecule has 1 atom stereocenters. The van der Waals surface area contributed by atoms with E-state index in [9.17, 15) is 0 Å². The lowest BCUT2D eigenvalue weighted by Gasteiger charge is -2.11. The van der Waals surface area contributed by atoms with Gasteiger partial charge in [-0.1, -0.05) is 19.4 Å². The lowest BCUT2D eigenvalue weighted by atomic mass is 10.0. The summed E-state index contributed by atoms with van der Waals surface area (Å²) in [5.74, 6) is 1.58. The van der Waals surface area contributed by atoms with Gasteiger partial charge in [0.05, 0.1) is 14.2 Å². The highest BCUT2D eigenvalue weighted by molar-refractivity contribution is 5.42. The molecule has 1 unspecified atom stereocenters. The van der Waals surface area contributed by atoms with E-state index in [0.717, 1.165) is 43.6 Å². The highest BCUT2D eigenvalue weighted by atomic mass is 16.5. The Labute approximate surface area is 110 Å². The molecule has 0 bridgehead atoms. The predicted molar refractivity (Wildman–Crippen MR) is 75.4 cm³/mol. The normalized spacial score (nSPS) is 12.2. The van der Waals surface area contributed by atoms with E-state index in [4.69, 9.17) is 15.2 Å². The zero-order valence-electron chi connectivity index (χ0n) is 11.7. The summed E-state index contributed by atoms with van der Waals surface area (Å²) in [5, 5.41) is 0. The van der Waals surface area contributed by atoms with Crippen LogP contribution in [0.1, 0.15) is 38.2 Å². The Morgan fingerprint density at radius 3 is 2.44 bits per heavy atom. The average molecular weight is 251 g/mol. The Balaban J connectivity index is 2.47. The summed E-state index contributed by atoms with van der Waals surface area (Å²) >= 11 is 0. The second kappa shape index (κ2) is 7.98. The Kier molecular flexibility index (Phi) is 6.58. The molecule has 1 rings (SSSR count). The van der Waals surface area contributed by atoms with Crippen molar-refractivity contribution in [1.29, 1.82) is 0 Å². The molecule has 1 aromatic rings. The molecule has 1 aromatic carbocycles. The van der Waals surface area contributed by atoms with Crippen molar-refractivity contribution < 1.29 is 9.47 Å². The monoisotopic (exact) mass is 251 g/mol. The van der Waals surface area contributed by atoms with Crippen LogP contribution in [-0.2, 0) is 6.42 Å². The Morgan fingerprint density at radius 2 is 1.83 bits per heavy atom. The maximum absolute atomic E-state index is 6.01. The van der Waals surface area contributed by atoms with Crippen molar-refractivity contribution in [2.75, 3.05) is 14.2 Å². The van der Waals surface area contributed by atoms with Crippen LogP contribution in [0.15, 0.2) is 18.2 Å². The number of hydrogen-bond donors (Lipinski definition) is 1. The third-order valence-electron chi connectivity index (χ3n) is 3.15. The van der Waals surface area contributed by atoms with E-state index in [-0.39, 0.29) is 0 Å². The average Bonchev–Trinajstić information content (AvgIpc) is 2.38. The minimum absolute atomic E-state index is 0.343. The van der Waals surface area contributed by atoms with E-state index >= 15 is 0 Å². The molecule has 0 aliphatic rings. The third kappa shape index (κ3) is 4.57. The first-order valence-electron chi connectivity index (χ1n) is 6.67. The lowest BCUT2D eigenvalue weighted by molar-refractivity contribution is 0.354. The third-order valence-corrected chi connectivity index (χ3v) is 3.15. The van der Waals surface area contributed by atoms with Crippen LogP contribution in [0.4, 0.5) is 0 Å². The molecule has 102 valence electrons. The smallest absolute Gasteiger partial charge is 0.160 e. The van der Waals surface area contributed by atoms with Gasteiger partial charge in [-0.15, -0.1) is 0 Å². The summed E-state index contributed by atoms with van der Waals surface area (Å²) in [6.07, 6.45) is 5.53. The second-order valence-corrected chi connectivity index (χ2v) is 4.63. The maximum atomic E-state index is 6.01. The van der Waals surface area contributed by atoms with Gasteiger partial charge in [0, 0.05) is 6.04 Å². The summed E-state index contributed by atoms with van der Waals surface area (Å²) in [6, 6.07) is 6.44. The van der Waals surface area contributed by atoms with E-state index in [2.05, 4.69) is 13.0 Å². The Morgan fingerprint density at radius 1 is 1.11 bits per heavy atom. The van der Waals surface area contributed by atoms with Gasteiger partial charge in [0.2, 0.25) is 0 Å². The van der Waals surface area contributed by atoms with Gasteiger partial charge >= 0.3 is 0 Å². The molecule has 0 aliphatic heterocycles. The van der Waals surface area contributed by atoms with Crippen molar-refractivity contribution in [3.05, 3.63) is 23.8 Å². The molecule has 2 N–H and O–H groups in total. The molecule has 3 nitrogen and oxygen atoms in total. The highest BCUT2D eigenvalue weighted by Gasteiger charge is 2.05. The van der Waals surface area contributed by atoms with Crippen LogP contribution in [0.2, 0.25) is 0 Å². The minimum Gasteiger partial charge on any atom is -0.493 e. The summed E-state index contributed by atoms with van der Waals surface area (Å²) in [4.78, 5) is 0. The van der Waals surface area contributed by atoms with E-state index in [1.165, 1.54) is 5.56 Å². The minimum atomic E-state index is 0.343. The molecule has 0 saturated heterocycles. The summed E-state index contributed by atoms with van der Waals surface area (Å²) in [6.45, 7) is 2.17. The Hall–Kier alpha value is -1.22. The van der Waals surface area contributed by atoms with Gasteiger partial charge < -0.3 is 15.2 Å². The molecule has 0 spiro atoms. The van der Waals surface area contributed by atoms with E-state index in [1.54, 1.807) is 14.2 Å². The molecule has 0 heterocycles. The second-order valence-electron chi connectivity index (χ2n) is 4.63. The van der Waals surface area contributed by atoms with Crippen LogP contribution >= 0.6 is 0 Å². The van der Waals surface area contributed by atoms with Crippen LogP contribution < -0.4 is 15.2 Å². The van der Waals surface area contributed by atoms with E-state index in [0.29, 0.717) is 6.04 Å². The number of benzene rings is 1. The van der Waals surface area contributed by atoms with Gasteiger partial charge in [-0.05, 0) is 43.4 Å². The zero-order chi connectivity index (χ0) is 13.4. The molecule has 0 amide bonds. The van der Waals surface area contributed by atoms with Gasteiger partial charge in [-0.2, -0.15) is 0 Å². The number of ether oxygens (including phenoxy) is 2. The molecule has 0 aromatic heterocycles. The number of nitrogens with two attached hydrogens (primary N) is 1. The van der Waals surface area contributed by atoms with Crippen LogP contribution in [0, 0.1) is 0 Å². The van der Waals surface area contributed by atoms with Gasteiger partial charge in [0.15, 0.2) is 11.5 Å². The molecule has 0 aliphatic carbocycles. The number of hydrogen-bond acceptors (Lipinski definition) is 3. The van der Waals surface area contributed by atoms with Gasteiger partial charge in [-0.3, -0.25) is 0 Å². The van der Waals surface area contributed by atoms with Crippen molar-refractivity contribution in [3.63, 3.8) is 0 Å². The number of methoxy groups -OCH3 is 2. The fourth-order valence-electron chi connectivity index (χ4n) is 2.12. The van der Waals surface area contributed by atoms with Gasteiger partial charge in [-0.25, -0.2) is 0 Å². The topological polar surface area (TPSA) is 44.5 Å². The zero-order valence-corrected chi connectivity index (χ0v) is 11.7. The predicted octanol–water partition coefficient (Wildman–Crippen LogP) is 3.15. The standard InChI is InChI=1S/C15H25NO2/c1-4-6-13(16)8-5-7-12-9-10-14(17-2)15(11-12)18-3/h9-11,13H,4-8,16H2,1-3H3. The van der Waals surface area contributed by atoms with Crippen molar-refractivity contribution >= 4 is 0 Å². The maximum Gasteiger partial charge on any atom is 0.160 e. The molecular weight excluding hydrogens is 226 g/mol. The molecule has 0 fully saturated rings. The fourth-order valence-corrected chi connectivity index (χ4v) is 2.12. The SMILES string of the molecule is CCCC(N)CCCc1ccc(OC)c(OC)c1. The quantitative estimate of drug-likeness (QED) is 0.772. The largest absolute Gasteiger partial charge is 0.493 e. The molecule has 0 radical (unpaired) electrons. The highest BCUT2D eigenvalue weighted by Crippen LogP contribution is 2.28. The van der Waals surface area contributed by atoms with Crippen LogP contribution in [0.3, 0.4) is 0 Å². The van der Waals surface area contributed by atoms with Crippen molar-refractivity contribution in [3.8, 4) is 11.5 Å². The molecule has 0 saturated carbocycles. The van der Waals surface area contributed by atoms with Crippen molar-refractivity contribution in [1.82, 2.24) is 0 Å². The van der Waals surface area contributed by atoms with E-state index in [1.807, 2.05) is 12.1 Å². The van der Waals surface area contributed by atoms with Gasteiger partial charge in [0.25, 0.3) is 0 Å². The number of aryl methyl sites for hydroxylation is 1.